The number of hydrogen-bond acceptors (Lipinski definition) is 5. The smallest absolute Gasteiger partial charge is 0.313 e. The van der Waals surface area contributed by atoms with Crippen LogP contribution in [0.15, 0.2) is 12.2 Å². The maximum atomic E-state index is 12.5. The fraction of sp³-hybridized carbons (Fsp3) is 0.750. The Morgan fingerprint density at radius 1 is 1.00 bits per heavy atom. The molecule has 4 heterocycles. The Labute approximate surface area is 128 Å². The van der Waals surface area contributed by atoms with Crippen molar-refractivity contribution in [1.82, 2.24) is 0 Å². The molecule has 0 aromatic rings. The van der Waals surface area contributed by atoms with Crippen LogP contribution in [0.1, 0.15) is 20.8 Å². The van der Waals surface area contributed by atoms with Gasteiger partial charge in [0.1, 0.15) is 5.60 Å². The van der Waals surface area contributed by atoms with Crippen molar-refractivity contribution in [3.05, 3.63) is 12.2 Å². The van der Waals surface area contributed by atoms with E-state index >= 15 is 0 Å². The monoisotopic (exact) mass is 308 g/mol. The topological polar surface area (TPSA) is 82.1 Å². The third-order valence-corrected chi connectivity index (χ3v) is 5.14. The van der Waals surface area contributed by atoms with Crippen molar-refractivity contribution in [2.45, 2.75) is 50.8 Å². The van der Waals surface area contributed by atoms with E-state index in [0.29, 0.717) is 0 Å². The van der Waals surface area contributed by atoms with Gasteiger partial charge in [-0.3, -0.25) is 9.59 Å². The number of aliphatic carboxylic acids is 1. The van der Waals surface area contributed by atoms with Crippen LogP contribution >= 0.6 is 0 Å². The van der Waals surface area contributed by atoms with Crippen LogP contribution < -0.4 is 0 Å². The molecule has 120 valence electrons. The molecule has 0 aliphatic carbocycles. The van der Waals surface area contributed by atoms with Crippen molar-refractivity contribution in [1.29, 1.82) is 0 Å². The summed E-state index contributed by atoms with van der Waals surface area (Å²) in [5, 5.41) is 9.60. The lowest BCUT2D eigenvalue weighted by Crippen LogP contribution is -2.50. The highest BCUT2D eigenvalue weighted by molar-refractivity contribution is 5.83. The largest absolute Gasteiger partial charge is 0.481 e. The van der Waals surface area contributed by atoms with Gasteiger partial charge in [-0.15, -0.1) is 0 Å². The summed E-state index contributed by atoms with van der Waals surface area (Å²) >= 11 is 0. The number of ether oxygens (including phenoxy) is 3. The number of esters is 1. The third-order valence-electron chi connectivity index (χ3n) is 5.14. The number of carboxylic acid groups (broad SMARTS) is 1. The van der Waals surface area contributed by atoms with Gasteiger partial charge in [-0.1, -0.05) is 12.2 Å². The van der Waals surface area contributed by atoms with Gasteiger partial charge in [0.25, 0.3) is 0 Å². The summed E-state index contributed by atoms with van der Waals surface area (Å²) in [6, 6.07) is 0. The molecule has 4 aliphatic heterocycles. The lowest BCUT2D eigenvalue weighted by atomic mass is 9.65. The molecular formula is C16H20O6. The Bertz CT molecular complexity index is 561. The average Bonchev–Trinajstić information content (AvgIpc) is 3.12. The Morgan fingerprint density at radius 3 is 2.05 bits per heavy atom. The van der Waals surface area contributed by atoms with Crippen molar-refractivity contribution in [3.63, 3.8) is 0 Å². The van der Waals surface area contributed by atoms with Crippen LogP contribution in [0, 0.1) is 23.7 Å². The lowest BCUT2D eigenvalue weighted by molar-refractivity contribution is -0.168. The zero-order valence-electron chi connectivity index (χ0n) is 12.8. The van der Waals surface area contributed by atoms with Gasteiger partial charge in [-0.2, -0.15) is 0 Å². The molecule has 6 heteroatoms. The number of hydrogen-bond donors (Lipinski definition) is 1. The summed E-state index contributed by atoms with van der Waals surface area (Å²) < 4.78 is 17.2. The molecule has 4 rings (SSSR count). The molecule has 4 aliphatic rings. The molecule has 3 fully saturated rings. The molecule has 6 nitrogen and oxygen atoms in total. The summed E-state index contributed by atoms with van der Waals surface area (Å²) in [4.78, 5) is 24.3. The zero-order valence-corrected chi connectivity index (χ0v) is 12.8. The highest BCUT2D eigenvalue weighted by atomic mass is 16.6. The quantitative estimate of drug-likeness (QED) is 0.605. The third kappa shape index (κ3) is 1.80. The molecule has 3 saturated heterocycles. The first-order valence-electron chi connectivity index (χ1n) is 7.73. The second kappa shape index (κ2) is 4.32. The first-order chi connectivity index (χ1) is 10.3. The molecule has 0 aromatic heterocycles. The van der Waals surface area contributed by atoms with Crippen LogP contribution in [-0.4, -0.2) is 47.1 Å². The van der Waals surface area contributed by atoms with Crippen LogP contribution in [0.3, 0.4) is 0 Å². The van der Waals surface area contributed by atoms with E-state index in [1.807, 2.05) is 12.2 Å². The van der Waals surface area contributed by atoms with Gasteiger partial charge >= 0.3 is 11.9 Å². The number of carboxylic acids is 1. The molecular weight excluding hydrogens is 288 g/mol. The number of fused-ring (bicyclic) bond motifs is 9. The van der Waals surface area contributed by atoms with E-state index in [1.54, 1.807) is 20.8 Å². The van der Waals surface area contributed by atoms with Gasteiger partial charge in [0, 0.05) is 11.8 Å². The van der Waals surface area contributed by atoms with Crippen molar-refractivity contribution in [2.75, 3.05) is 0 Å². The average molecular weight is 308 g/mol. The van der Waals surface area contributed by atoms with Crippen LogP contribution in [0.4, 0.5) is 0 Å². The molecule has 8 atom stereocenters. The Morgan fingerprint density at radius 2 is 1.55 bits per heavy atom. The predicted molar refractivity (Wildman–Crippen MR) is 73.9 cm³/mol. The molecule has 0 radical (unpaired) electrons. The highest BCUT2D eigenvalue weighted by Gasteiger charge is 2.70. The van der Waals surface area contributed by atoms with Crippen molar-refractivity contribution in [2.24, 2.45) is 23.7 Å². The molecule has 0 saturated carbocycles. The molecule has 0 amide bonds. The van der Waals surface area contributed by atoms with Crippen LogP contribution in [0.2, 0.25) is 0 Å². The Kier molecular flexibility index (Phi) is 2.79. The molecule has 1 N–H and O–H groups in total. The summed E-state index contributed by atoms with van der Waals surface area (Å²) in [6.45, 7) is 5.34. The van der Waals surface area contributed by atoms with E-state index in [4.69, 9.17) is 14.2 Å². The minimum Gasteiger partial charge on any atom is -0.481 e. The molecule has 0 aromatic carbocycles. The van der Waals surface area contributed by atoms with E-state index in [2.05, 4.69) is 0 Å². The van der Waals surface area contributed by atoms with Gasteiger partial charge in [0.15, 0.2) is 0 Å². The molecule has 4 bridgehead atoms. The summed E-state index contributed by atoms with van der Waals surface area (Å²) in [5.41, 5.74) is -0.646. The van der Waals surface area contributed by atoms with Crippen LogP contribution in [-0.2, 0) is 23.8 Å². The second-order valence-electron chi connectivity index (χ2n) is 7.59. The van der Waals surface area contributed by atoms with Gasteiger partial charge in [-0.25, -0.2) is 0 Å². The van der Waals surface area contributed by atoms with Gasteiger partial charge in [0.2, 0.25) is 0 Å². The van der Waals surface area contributed by atoms with E-state index in [9.17, 15) is 14.7 Å². The fourth-order valence-electron chi connectivity index (χ4n) is 4.54. The van der Waals surface area contributed by atoms with Gasteiger partial charge < -0.3 is 19.3 Å². The molecule has 0 spiro atoms. The van der Waals surface area contributed by atoms with Crippen LogP contribution in [0.25, 0.3) is 0 Å². The van der Waals surface area contributed by atoms with Crippen molar-refractivity contribution in [3.8, 4) is 0 Å². The standard InChI is InChI=1S/C16H20O6/c1-16(2,3)22-15(19)11-10(14(17)18)12-8-6-4-5-7(20-6)9(8)13(11)21-12/h4-13H,1-3H3,(H,17,18). The summed E-state index contributed by atoms with van der Waals surface area (Å²) in [6.07, 6.45) is 2.95. The second-order valence-corrected chi connectivity index (χ2v) is 7.59. The van der Waals surface area contributed by atoms with Crippen molar-refractivity contribution >= 4 is 11.9 Å². The Balaban J connectivity index is 1.66. The first-order valence-corrected chi connectivity index (χ1v) is 7.73. The Hall–Kier alpha value is -1.40. The van der Waals surface area contributed by atoms with E-state index < -0.39 is 41.6 Å². The molecule has 22 heavy (non-hydrogen) atoms. The first kappa shape index (κ1) is 14.2. The number of carbonyl (C=O) groups is 2. The van der Waals surface area contributed by atoms with E-state index in [-0.39, 0.29) is 24.0 Å². The SMILES string of the molecule is CC(C)(C)OC(=O)C1C2OC(C1C(=O)O)C1C3C=CC(O3)C21. The number of carbonyl (C=O) groups excluding carboxylic acids is 1. The maximum absolute atomic E-state index is 12.5. The normalized spacial score (nSPS) is 47.8. The van der Waals surface area contributed by atoms with Crippen LogP contribution in [0.5, 0.6) is 0 Å². The minimum atomic E-state index is -0.992. The van der Waals surface area contributed by atoms with E-state index in [0.717, 1.165) is 0 Å². The number of rotatable bonds is 2. The van der Waals surface area contributed by atoms with Gasteiger partial charge in [0.05, 0.1) is 36.3 Å². The summed E-state index contributed by atoms with van der Waals surface area (Å²) in [7, 11) is 0. The van der Waals surface area contributed by atoms with E-state index in [1.165, 1.54) is 0 Å². The highest BCUT2D eigenvalue weighted by Crippen LogP contribution is 2.59. The predicted octanol–water partition coefficient (Wildman–Crippen LogP) is 0.996. The zero-order chi connectivity index (χ0) is 15.8. The summed E-state index contributed by atoms with van der Waals surface area (Å²) in [5.74, 6) is -2.96. The van der Waals surface area contributed by atoms with Gasteiger partial charge in [-0.05, 0) is 20.8 Å². The fourth-order valence-corrected chi connectivity index (χ4v) is 4.54. The lowest BCUT2D eigenvalue weighted by Gasteiger charge is -2.35. The maximum Gasteiger partial charge on any atom is 0.313 e. The molecule has 8 unspecified atom stereocenters. The minimum absolute atomic E-state index is 0.0415. The van der Waals surface area contributed by atoms with Crippen molar-refractivity contribution < 1.29 is 28.9 Å².